The standard InChI is InChI=1S/C40H44Cl2N2O10/c1-6-9-25-19-27-23(4)29(21-43-11-15-48-16-12-43)37(45)51-35(27)31(41)33(25)53-40(39(47)50-8-3)54-34-26(10-7-2)20-28-24(5)30(22-44-13-17-49-18-14-44)38(46)52-36(28)32(34)42/h6-7,19-20,40H,1-2,8-18,21-22H2,3-5H3. The molecular formula is C40H44Cl2N2O10. The second-order valence-corrected chi connectivity index (χ2v) is 13.9. The van der Waals surface area contributed by atoms with E-state index in [1.165, 1.54) is 0 Å². The summed E-state index contributed by atoms with van der Waals surface area (Å²) in [5.74, 6) is -0.818. The van der Waals surface area contributed by atoms with Gasteiger partial charge in [0.1, 0.15) is 10.0 Å². The van der Waals surface area contributed by atoms with Crippen molar-refractivity contribution in [3.05, 3.63) is 102 Å². The Bertz CT molecular complexity index is 2040. The lowest BCUT2D eigenvalue weighted by atomic mass is 10.0. The minimum absolute atomic E-state index is 0.0119. The maximum Gasteiger partial charge on any atom is 0.389 e. The third kappa shape index (κ3) is 8.24. The van der Waals surface area contributed by atoms with Gasteiger partial charge in [0.15, 0.2) is 22.7 Å². The quantitative estimate of drug-likeness (QED) is 0.0617. The third-order valence-electron chi connectivity index (χ3n) is 9.73. The molecule has 2 aliphatic rings. The van der Waals surface area contributed by atoms with Crippen LogP contribution in [-0.4, -0.2) is 81.3 Å². The molecule has 54 heavy (non-hydrogen) atoms. The van der Waals surface area contributed by atoms with Crippen LogP contribution in [0.3, 0.4) is 0 Å². The zero-order valence-corrected chi connectivity index (χ0v) is 32.2. The van der Waals surface area contributed by atoms with E-state index in [1.54, 1.807) is 31.2 Å². The lowest BCUT2D eigenvalue weighted by Crippen LogP contribution is -2.37. The summed E-state index contributed by atoms with van der Waals surface area (Å²) in [7, 11) is 0. The van der Waals surface area contributed by atoms with Crippen LogP contribution in [0.2, 0.25) is 10.0 Å². The SMILES string of the molecule is C=CCc1cc2c(C)c(CN3CCOCC3)c(=O)oc2c(Cl)c1OC(Oc1c(CC=C)cc2c(C)c(CN3CCOCC3)c(=O)oc2c1Cl)C(=O)OCC. The van der Waals surface area contributed by atoms with E-state index in [2.05, 4.69) is 23.0 Å². The highest BCUT2D eigenvalue weighted by Gasteiger charge is 2.32. The Kier molecular flexibility index (Phi) is 12.8. The van der Waals surface area contributed by atoms with Gasteiger partial charge in [-0.15, -0.1) is 13.2 Å². The molecule has 12 nitrogen and oxygen atoms in total. The van der Waals surface area contributed by atoms with E-state index in [-0.39, 0.29) is 52.2 Å². The van der Waals surface area contributed by atoms with E-state index in [4.69, 9.17) is 55.7 Å². The summed E-state index contributed by atoms with van der Waals surface area (Å²) in [6.07, 6.45) is 2.14. The number of carbonyl (C=O) groups excluding carboxylic acids is 1. The molecule has 2 saturated heterocycles. The van der Waals surface area contributed by atoms with Crippen LogP contribution in [0.15, 0.2) is 55.9 Å². The van der Waals surface area contributed by atoms with Crippen molar-refractivity contribution in [1.29, 1.82) is 0 Å². The largest absolute Gasteiger partial charge is 0.460 e. The maximum absolute atomic E-state index is 13.6. The first-order valence-electron chi connectivity index (χ1n) is 17.9. The lowest BCUT2D eigenvalue weighted by molar-refractivity contribution is -0.165. The second-order valence-electron chi connectivity index (χ2n) is 13.2. The Morgan fingerprint density at radius 2 is 1.19 bits per heavy atom. The molecule has 2 aliphatic heterocycles. The van der Waals surface area contributed by atoms with E-state index in [9.17, 15) is 14.4 Å². The maximum atomic E-state index is 13.6. The van der Waals surface area contributed by atoms with Crippen LogP contribution in [0, 0.1) is 13.8 Å². The minimum Gasteiger partial charge on any atom is -0.460 e. The van der Waals surface area contributed by atoms with Crippen molar-refractivity contribution in [2.75, 3.05) is 59.2 Å². The topological polar surface area (TPSA) is 130 Å². The van der Waals surface area contributed by atoms with Gasteiger partial charge in [0, 0.05) is 61.2 Å². The van der Waals surface area contributed by atoms with Gasteiger partial charge in [-0.25, -0.2) is 14.4 Å². The molecule has 14 heteroatoms. The van der Waals surface area contributed by atoms with Crippen molar-refractivity contribution in [3.63, 3.8) is 0 Å². The molecule has 4 aromatic rings. The van der Waals surface area contributed by atoms with Crippen molar-refractivity contribution in [2.24, 2.45) is 0 Å². The molecule has 2 fully saturated rings. The zero-order chi connectivity index (χ0) is 38.5. The average molecular weight is 784 g/mol. The van der Waals surface area contributed by atoms with E-state index in [0.29, 0.717) is 110 Å². The Labute approximate surface area is 322 Å². The molecule has 6 rings (SSSR count). The smallest absolute Gasteiger partial charge is 0.389 e. The molecule has 2 aromatic heterocycles. The number of ether oxygens (including phenoxy) is 5. The van der Waals surface area contributed by atoms with Gasteiger partial charge in [0.05, 0.1) is 44.2 Å². The van der Waals surface area contributed by atoms with E-state index in [1.807, 2.05) is 13.8 Å². The van der Waals surface area contributed by atoms with Crippen LogP contribution >= 0.6 is 23.2 Å². The number of allylic oxidation sites excluding steroid dienone is 2. The summed E-state index contributed by atoms with van der Waals surface area (Å²) in [6.45, 7) is 19.0. The van der Waals surface area contributed by atoms with E-state index >= 15 is 0 Å². The van der Waals surface area contributed by atoms with E-state index < -0.39 is 23.5 Å². The second kappa shape index (κ2) is 17.5. The van der Waals surface area contributed by atoms with Crippen LogP contribution in [0.25, 0.3) is 21.9 Å². The minimum atomic E-state index is -1.75. The average Bonchev–Trinajstić information content (AvgIpc) is 3.16. The van der Waals surface area contributed by atoms with Crippen molar-refractivity contribution < 1.29 is 37.3 Å². The number of hydrogen-bond acceptors (Lipinski definition) is 12. The number of aryl methyl sites for hydroxylation is 2. The predicted octanol–water partition coefficient (Wildman–Crippen LogP) is 6.29. The summed E-state index contributed by atoms with van der Waals surface area (Å²) in [4.78, 5) is 44.6. The number of hydrogen-bond donors (Lipinski definition) is 0. The van der Waals surface area contributed by atoms with E-state index in [0.717, 1.165) is 0 Å². The molecule has 2 aromatic carbocycles. The first-order chi connectivity index (χ1) is 26.1. The Balaban J connectivity index is 1.42. The van der Waals surface area contributed by atoms with Crippen LogP contribution in [0.5, 0.6) is 11.5 Å². The van der Waals surface area contributed by atoms with Gasteiger partial charge in [-0.1, -0.05) is 35.4 Å². The molecule has 0 amide bonds. The number of nitrogens with zero attached hydrogens (tertiary/aromatic N) is 2. The third-order valence-corrected chi connectivity index (χ3v) is 10.4. The lowest BCUT2D eigenvalue weighted by Gasteiger charge is -2.27. The molecule has 0 aliphatic carbocycles. The van der Waals surface area contributed by atoms with Gasteiger partial charge in [-0.3, -0.25) is 9.80 Å². The van der Waals surface area contributed by atoms with Gasteiger partial charge >= 0.3 is 23.5 Å². The highest BCUT2D eigenvalue weighted by molar-refractivity contribution is 6.37. The Morgan fingerprint density at radius 1 is 0.778 bits per heavy atom. The fourth-order valence-corrected chi connectivity index (χ4v) is 7.39. The Hall–Kier alpha value is -4.17. The molecule has 0 N–H and O–H groups in total. The number of halogens is 2. The first kappa shape index (κ1) is 39.5. The van der Waals surface area contributed by atoms with Gasteiger partial charge < -0.3 is 32.5 Å². The first-order valence-corrected chi connectivity index (χ1v) is 18.7. The van der Waals surface area contributed by atoms with Gasteiger partial charge in [-0.05, 0) is 56.9 Å². The fourth-order valence-electron chi connectivity index (χ4n) is 6.78. The molecule has 0 unspecified atom stereocenters. The van der Waals surface area contributed by atoms with Gasteiger partial charge in [0.2, 0.25) is 0 Å². The van der Waals surface area contributed by atoms with Crippen LogP contribution in [-0.2, 0) is 44.9 Å². The summed E-state index contributed by atoms with van der Waals surface area (Å²) in [5, 5.41) is 1.16. The number of esters is 1. The molecule has 0 atom stereocenters. The van der Waals surface area contributed by atoms with Gasteiger partial charge in [-0.2, -0.15) is 0 Å². The molecule has 0 saturated carbocycles. The number of morpholine rings is 2. The molecule has 0 radical (unpaired) electrons. The molecular weight excluding hydrogens is 739 g/mol. The summed E-state index contributed by atoms with van der Waals surface area (Å²) in [5.41, 5.74) is 2.70. The van der Waals surface area contributed by atoms with Crippen LogP contribution in [0.1, 0.15) is 40.3 Å². The van der Waals surface area contributed by atoms with Crippen molar-refractivity contribution in [3.8, 4) is 11.5 Å². The van der Waals surface area contributed by atoms with Crippen LogP contribution < -0.4 is 20.7 Å². The predicted molar refractivity (Wildman–Crippen MR) is 206 cm³/mol. The van der Waals surface area contributed by atoms with Crippen LogP contribution in [0.4, 0.5) is 0 Å². The van der Waals surface area contributed by atoms with Crippen molar-refractivity contribution >= 4 is 51.1 Å². The van der Waals surface area contributed by atoms with Crippen molar-refractivity contribution in [1.82, 2.24) is 9.80 Å². The highest BCUT2D eigenvalue weighted by atomic mass is 35.5. The summed E-state index contributed by atoms with van der Waals surface area (Å²) >= 11 is 14.0. The Morgan fingerprint density at radius 3 is 1.56 bits per heavy atom. The van der Waals surface area contributed by atoms with Crippen molar-refractivity contribution in [2.45, 2.75) is 53.0 Å². The summed E-state index contributed by atoms with van der Waals surface area (Å²) < 4.78 is 40.5. The monoisotopic (exact) mass is 782 g/mol. The number of carbonyl (C=O) groups is 1. The highest BCUT2D eigenvalue weighted by Crippen LogP contribution is 2.42. The number of fused-ring (bicyclic) bond motifs is 2. The molecule has 4 heterocycles. The zero-order valence-electron chi connectivity index (χ0n) is 30.7. The molecule has 0 bridgehead atoms. The summed E-state index contributed by atoms with van der Waals surface area (Å²) in [6, 6.07) is 3.61. The fraction of sp³-hybridized carbons (Fsp3) is 0.425. The van der Waals surface area contributed by atoms with Gasteiger partial charge in [0.25, 0.3) is 0 Å². The normalized spacial score (nSPS) is 15.5. The molecule has 0 spiro atoms. The molecule has 288 valence electrons. The number of rotatable bonds is 14. The number of benzene rings is 2.